The fraction of sp³-hybridized carbons (Fsp3) is 0.214. The number of aliphatic hydroxyl groups is 1. The van der Waals surface area contributed by atoms with E-state index in [1.54, 1.807) is 6.07 Å². The molecule has 0 aliphatic carbocycles. The van der Waals surface area contributed by atoms with Gasteiger partial charge in [-0.3, -0.25) is 4.79 Å². The van der Waals surface area contributed by atoms with Crippen LogP contribution in [0.5, 0.6) is 0 Å². The second kappa shape index (κ2) is 6.84. The van der Waals surface area contributed by atoms with Gasteiger partial charge in [0.1, 0.15) is 0 Å². The van der Waals surface area contributed by atoms with Gasteiger partial charge in [-0.1, -0.05) is 30.3 Å². The lowest BCUT2D eigenvalue weighted by Crippen LogP contribution is -2.32. The summed E-state index contributed by atoms with van der Waals surface area (Å²) in [4.78, 5) is 12.4. The van der Waals surface area contributed by atoms with E-state index in [4.69, 9.17) is 0 Å². The van der Waals surface area contributed by atoms with Gasteiger partial charge in [0.05, 0.1) is 14.8 Å². The molecule has 1 aromatic heterocycles. The molecule has 0 saturated carbocycles. The number of carbonyl (C=O) groups is 1. The molecule has 3 nitrogen and oxygen atoms in total. The molecule has 0 fully saturated rings. The SMILES string of the molecule is O=C(NCC(O)Cc1ccccc1)c1ccc(Br)s1. The third-order valence-corrected chi connectivity index (χ3v) is 4.23. The van der Waals surface area contributed by atoms with Gasteiger partial charge < -0.3 is 10.4 Å². The zero-order valence-electron chi connectivity index (χ0n) is 10.2. The van der Waals surface area contributed by atoms with Crippen molar-refractivity contribution in [3.63, 3.8) is 0 Å². The maximum absolute atomic E-state index is 11.8. The summed E-state index contributed by atoms with van der Waals surface area (Å²) in [5.41, 5.74) is 1.06. The smallest absolute Gasteiger partial charge is 0.261 e. The predicted molar refractivity (Wildman–Crippen MR) is 80.5 cm³/mol. The fourth-order valence-corrected chi connectivity index (χ4v) is 2.99. The van der Waals surface area contributed by atoms with Gasteiger partial charge in [0.2, 0.25) is 0 Å². The van der Waals surface area contributed by atoms with Gasteiger partial charge in [-0.05, 0) is 33.6 Å². The number of rotatable bonds is 5. The van der Waals surface area contributed by atoms with E-state index in [0.29, 0.717) is 11.3 Å². The van der Waals surface area contributed by atoms with Gasteiger partial charge in [-0.15, -0.1) is 11.3 Å². The molecule has 1 amide bonds. The number of nitrogens with one attached hydrogen (secondary N) is 1. The first kappa shape index (κ1) is 14.2. The second-order valence-corrected chi connectivity index (χ2v) is 6.62. The Hall–Kier alpha value is -1.17. The molecule has 0 radical (unpaired) electrons. The molecular formula is C14H14BrNO2S. The van der Waals surface area contributed by atoms with Crippen LogP contribution < -0.4 is 5.32 Å². The largest absolute Gasteiger partial charge is 0.391 e. The van der Waals surface area contributed by atoms with E-state index in [1.807, 2.05) is 36.4 Å². The number of carbonyl (C=O) groups excluding carboxylic acids is 1. The highest BCUT2D eigenvalue weighted by Crippen LogP contribution is 2.21. The monoisotopic (exact) mass is 339 g/mol. The van der Waals surface area contributed by atoms with E-state index in [-0.39, 0.29) is 12.5 Å². The van der Waals surface area contributed by atoms with E-state index in [2.05, 4.69) is 21.2 Å². The summed E-state index contributed by atoms with van der Waals surface area (Å²) < 4.78 is 0.919. The summed E-state index contributed by atoms with van der Waals surface area (Å²) in [5.74, 6) is -0.150. The maximum atomic E-state index is 11.8. The van der Waals surface area contributed by atoms with Gasteiger partial charge in [0.25, 0.3) is 5.91 Å². The van der Waals surface area contributed by atoms with Crippen LogP contribution in [0.2, 0.25) is 0 Å². The minimum atomic E-state index is -0.574. The van der Waals surface area contributed by atoms with Crippen LogP contribution >= 0.6 is 27.3 Å². The van der Waals surface area contributed by atoms with Crippen molar-refractivity contribution in [2.45, 2.75) is 12.5 Å². The lowest BCUT2D eigenvalue weighted by molar-refractivity contribution is 0.0920. The molecule has 0 saturated heterocycles. The van der Waals surface area contributed by atoms with Crippen LogP contribution in [0.25, 0.3) is 0 Å². The molecule has 0 spiro atoms. The number of hydrogen-bond acceptors (Lipinski definition) is 3. The molecule has 19 heavy (non-hydrogen) atoms. The quantitative estimate of drug-likeness (QED) is 0.879. The van der Waals surface area contributed by atoms with Crippen molar-refractivity contribution in [3.05, 3.63) is 56.7 Å². The summed E-state index contributed by atoms with van der Waals surface area (Å²) in [6, 6.07) is 13.3. The third kappa shape index (κ3) is 4.45. The minimum Gasteiger partial charge on any atom is -0.391 e. The zero-order chi connectivity index (χ0) is 13.7. The first-order valence-electron chi connectivity index (χ1n) is 5.90. The molecule has 1 aromatic carbocycles. The van der Waals surface area contributed by atoms with Crippen LogP contribution in [0.15, 0.2) is 46.3 Å². The van der Waals surface area contributed by atoms with Crippen molar-refractivity contribution < 1.29 is 9.90 Å². The zero-order valence-corrected chi connectivity index (χ0v) is 12.6. The average Bonchev–Trinajstić information content (AvgIpc) is 2.84. The Morgan fingerprint density at radius 1 is 1.26 bits per heavy atom. The Morgan fingerprint density at radius 3 is 2.63 bits per heavy atom. The van der Waals surface area contributed by atoms with Crippen molar-refractivity contribution >= 4 is 33.2 Å². The van der Waals surface area contributed by atoms with E-state index < -0.39 is 6.10 Å². The summed E-state index contributed by atoms with van der Waals surface area (Å²) in [5, 5.41) is 12.6. The van der Waals surface area contributed by atoms with Crippen molar-refractivity contribution in [2.75, 3.05) is 6.54 Å². The van der Waals surface area contributed by atoms with Gasteiger partial charge in [-0.25, -0.2) is 0 Å². The van der Waals surface area contributed by atoms with Gasteiger partial charge in [0, 0.05) is 13.0 Å². The van der Waals surface area contributed by atoms with Crippen LogP contribution in [0.4, 0.5) is 0 Å². The molecule has 2 rings (SSSR count). The molecule has 0 aliphatic rings. The molecule has 0 bridgehead atoms. The number of benzene rings is 1. The summed E-state index contributed by atoms with van der Waals surface area (Å²) >= 11 is 4.69. The Morgan fingerprint density at radius 2 is 2.00 bits per heavy atom. The fourth-order valence-electron chi connectivity index (χ4n) is 1.69. The molecule has 1 atom stereocenters. The molecule has 2 aromatic rings. The van der Waals surface area contributed by atoms with Gasteiger partial charge in [0.15, 0.2) is 0 Å². The second-order valence-electron chi connectivity index (χ2n) is 4.16. The number of hydrogen-bond donors (Lipinski definition) is 2. The summed E-state index contributed by atoms with van der Waals surface area (Å²) in [7, 11) is 0. The molecule has 2 N–H and O–H groups in total. The Labute approximate surface area is 124 Å². The van der Waals surface area contributed by atoms with Crippen molar-refractivity contribution in [1.82, 2.24) is 5.32 Å². The van der Waals surface area contributed by atoms with E-state index in [1.165, 1.54) is 11.3 Å². The normalized spacial score (nSPS) is 12.1. The number of aliphatic hydroxyl groups excluding tert-OH is 1. The number of halogens is 1. The van der Waals surface area contributed by atoms with E-state index >= 15 is 0 Å². The third-order valence-electron chi connectivity index (χ3n) is 2.61. The number of thiophene rings is 1. The molecule has 0 aliphatic heterocycles. The lowest BCUT2D eigenvalue weighted by atomic mass is 10.1. The maximum Gasteiger partial charge on any atom is 0.261 e. The highest BCUT2D eigenvalue weighted by atomic mass is 79.9. The Bertz CT molecular complexity index is 541. The van der Waals surface area contributed by atoms with E-state index in [0.717, 1.165) is 9.35 Å². The Kier molecular flexibility index (Phi) is 5.13. The molecule has 1 heterocycles. The summed E-state index contributed by atoms with van der Waals surface area (Å²) in [6.07, 6.45) is -0.0373. The topological polar surface area (TPSA) is 49.3 Å². The predicted octanol–water partition coefficient (Wildman–Crippen LogP) is 2.84. The van der Waals surface area contributed by atoms with Gasteiger partial charge >= 0.3 is 0 Å². The lowest BCUT2D eigenvalue weighted by Gasteiger charge is -2.11. The molecular weight excluding hydrogens is 326 g/mol. The highest BCUT2D eigenvalue weighted by Gasteiger charge is 2.11. The Balaban J connectivity index is 1.80. The standard InChI is InChI=1S/C14H14BrNO2S/c15-13-7-6-12(19-13)14(18)16-9-11(17)8-10-4-2-1-3-5-10/h1-7,11,17H,8-9H2,(H,16,18). The van der Waals surface area contributed by atoms with Crippen molar-refractivity contribution in [2.24, 2.45) is 0 Å². The van der Waals surface area contributed by atoms with Crippen molar-refractivity contribution in [1.29, 1.82) is 0 Å². The van der Waals surface area contributed by atoms with Crippen LogP contribution in [0.1, 0.15) is 15.2 Å². The van der Waals surface area contributed by atoms with Crippen LogP contribution in [0, 0.1) is 0 Å². The van der Waals surface area contributed by atoms with Crippen LogP contribution in [-0.4, -0.2) is 23.7 Å². The average molecular weight is 340 g/mol. The minimum absolute atomic E-state index is 0.150. The number of amides is 1. The van der Waals surface area contributed by atoms with Crippen LogP contribution in [-0.2, 0) is 6.42 Å². The first-order chi connectivity index (χ1) is 9.15. The molecule has 1 unspecified atom stereocenters. The van der Waals surface area contributed by atoms with Crippen LogP contribution in [0.3, 0.4) is 0 Å². The highest BCUT2D eigenvalue weighted by molar-refractivity contribution is 9.11. The molecule has 5 heteroatoms. The first-order valence-corrected chi connectivity index (χ1v) is 7.51. The summed E-state index contributed by atoms with van der Waals surface area (Å²) in [6.45, 7) is 0.253. The van der Waals surface area contributed by atoms with Crippen molar-refractivity contribution in [3.8, 4) is 0 Å². The van der Waals surface area contributed by atoms with Gasteiger partial charge in [-0.2, -0.15) is 0 Å². The molecule has 100 valence electrons. The van der Waals surface area contributed by atoms with E-state index in [9.17, 15) is 9.90 Å².